The maximum atomic E-state index is 2.60. The number of pyridine rings is 1. The predicted octanol–water partition coefficient (Wildman–Crippen LogP) is 8.74. The van der Waals surface area contributed by atoms with Gasteiger partial charge in [0.15, 0.2) is 5.69 Å². The third-order valence-electron chi connectivity index (χ3n) is 8.70. The van der Waals surface area contributed by atoms with E-state index >= 15 is 0 Å². The number of nitrogens with zero attached hydrogens (tertiary/aromatic N) is 2. The van der Waals surface area contributed by atoms with Crippen molar-refractivity contribution in [2.45, 2.75) is 79.2 Å². The van der Waals surface area contributed by atoms with Crippen LogP contribution in [0, 0.1) is 13.8 Å². The second-order valence-corrected chi connectivity index (χ2v) is 11.5. The van der Waals surface area contributed by atoms with Crippen LogP contribution in [-0.2, 0) is 0 Å². The van der Waals surface area contributed by atoms with Crippen LogP contribution >= 0.6 is 0 Å². The molecule has 0 amide bonds. The zero-order chi connectivity index (χ0) is 24.8. The zero-order valence-corrected chi connectivity index (χ0v) is 22.4. The van der Waals surface area contributed by atoms with E-state index < -0.39 is 0 Å². The van der Waals surface area contributed by atoms with Crippen molar-refractivity contribution in [1.82, 2.24) is 4.40 Å². The minimum Gasteiger partial charge on any atom is -0.226 e. The normalized spacial score (nSPS) is 17.7. The van der Waals surface area contributed by atoms with Gasteiger partial charge in [0, 0.05) is 22.3 Å². The van der Waals surface area contributed by atoms with Crippen LogP contribution in [0.25, 0.3) is 38.6 Å². The Hall–Kier alpha value is -3.13. The van der Waals surface area contributed by atoms with Gasteiger partial charge in [0.2, 0.25) is 0 Å². The van der Waals surface area contributed by atoms with Crippen molar-refractivity contribution in [3.05, 3.63) is 82.5 Å². The van der Waals surface area contributed by atoms with E-state index in [0.717, 1.165) is 0 Å². The molecule has 0 saturated heterocycles. The predicted molar refractivity (Wildman–Crippen MR) is 149 cm³/mol. The number of aromatic nitrogens is 2. The molecule has 2 nitrogen and oxygen atoms in total. The van der Waals surface area contributed by atoms with Crippen LogP contribution in [0.4, 0.5) is 0 Å². The van der Waals surface area contributed by atoms with Crippen LogP contribution in [0.15, 0.2) is 54.7 Å². The molecule has 35 heavy (non-hydrogen) atoms. The van der Waals surface area contributed by atoms with Gasteiger partial charge in [-0.2, -0.15) is 4.40 Å². The third kappa shape index (κ3) is 2.98. The molecule has 178 valence electrons. The third-order valence-corrected chi connectivity index (χ3v) is 8.70. The zero-order valence-electron chi connectivity index (χ0n) is 22.4. The Morgan fingerprint density at radius 2 is 1.43 bits per heavy atom. The van der Waals surface area contributed by atoms with E-state index in [1.165, 1.54) is 66.4 Å². The summed E-state index contributed by atoms with van der Waals surface area (Å²) in [5.41, 5.74) is 12.5. The number of aryl methyl sites for hydroxylation is 2. The Balaban J connectivity index is 1.92. The van der Waals surface area contributed by atoms with Crippen LogP contribution in [-0.4, -0.2) is 4.40 Å². The van der Waals surface area contributed by atoms with Crippen molar-refractivity contribution < 1.29 is 4.57 Å². The molecule has 2 aromatic heterocycles. The summed E-state index contributed by atoms with van der Waals surface area (Å²) in [4.78, 5) is 0. The molecule has 3 heterocycles. The Bertz CT molecular complexity index is 1620. The Morgan fingerprint density at radius 1 is 0.800 bits per heavy atom. The quantitative estimate of drug-likeness (QED) is 0.187. The van der Waals surface area contributed by atoms with Gasteiger partial charge >= 0.3 is 0 Å². The SMILES string of the molecule is Cc1cc2c3cccc4c3c3n(c(-c5c(C(C)C)cccc5C(C)C)c[n+]3C(C)C4C)c2cc1C. The Labute approximate surface area is 209 Å². The van der Waals surface area contributed by atoms with Crippen molar-refractivity contribution in [2.24, 2.45) is 0 Å². The molecule has 5 aromatic rings. The Morgan fingerprint density at radius 3 is 2.09 bits per heavy atom. The largest absolute Gasteiger partial charge is 0.295 e. The summed E-state index contributed by atoms with van der Waals surface area (Å²) in [5.74, 6) is 1.37. The number of hydrogen-bond donors (Lipinski definition) is 0. The van der Waals surface area contributed by atoms with Gasteiger partial charge in [0.25, 0.3) is 5.65 Å². The average Bonchev–Trinajstić information content (AvgIpc) is 3.23. The minimum atomic E-state index is 0.398. The number of imidazole rings is 1. The molecule has 6 rings (SSSR count). The van der Waals surface area contributed by atoms with E-state index in [2.05, 4.69) is 119 Å². The number of rotatable bonds is 3. The fraction of sp³-hybridized carbons (Fsp3) is 0.364. The van der Waals surface area contributed by atoms with Gasteiger partial charge in [-0.25, -0.2) is 4.57 Å². The molecule has 0 spiro atoms. The standard InChI is InChI=1S/C33H37N2/c1-18(2)24-11-9-12-25(19(3)4)31(24)30-17-34-23(8)22(7)26-13-10-14-27-28-15-20(5)21(6)16-29(28)35(30)33(34)32(26)27/h9-19,22-23H,1-8H3/q+1. The first-order valence-electron chi connectivity index (χ1n) is 13.3. The highest BCUT2D eigenvalue weighted by Gasteiger charge is 2.37. The molecular weight excluding hydrogens is 424 g/mol. The highest BCUT2D eigenvalue weighted by atomic mass is 15.1. The lowest BCUT2D eigenvalue weighted by Gasteiger charge is -2.25. The first-order chi connectivity index (χ1) is 16.7. The molecule has 0 bridgehead atoms. The molecule has 0 fully saturated rings. The van der Waals surface area contributed by atoms with Gasteiger partial charge in [-0.05, 0) is 72.6 Å². The maximum Gasteiger partial charge on any atom is 0.295 e. The summed E-state index contributed by atoms with van der Waals surface area (Å²) >= 11 is 0. The molecule has 3 aromatic carbocycles. The van der Waals surface area contributed by atoms with Crippen LogP contribution in [0.3, 0.4) is 0 Å². The van der Waals surface area contributed by atoms with E-state index in [0.29, 0.717) is 23.8 Å². The van der Waals surface area contributed by atoms with E-state index in [1.807, 2.05) is 0 Å². The summed E-state index contributed by atoms with van der Waals surface area (Å²) < 4.78 is 5.17. The Kier molecular flexibility index (Phi) is 4.90. The molecule has 2 atom stereocenters. The highest BCUT2D eigenvalue weighted by Crippen LogP contribution is 2.44. The molecule has 1 aliphatic rings. The topological polar surface area (TPSA) is 8.29 Å². The van der Waals surface area contributed by atoms with Gasteiger partial charge in [-0.3, -0.25) is 0 Å². The fourth-order valence-electron chi connectivity index (χ4n) is 6.42. The molecule has 2 unspecified atom stereocenters. The van der Waals surface area contributed by atoms with Crippen LogP contribution in [0.2, 0.25) is 0 Å². The number of hydrogen-bond acceptors (Lipinski definition) is 0. The first-order valence-corrected chi connectivity index (χ1v) is 13.3. The van der Waals surface area contributed by atoms with Crippen molar-refractivity contribution in [2.75, 3.05) is 0 Å². The van der Waals surface area contributed by atoms with Crippen molar-refractivity contribution in [3.63, 3.8) is 0 Å². The van der Waals surface area contributed by atoms with Gasteiger partial charge in [-0.1, -0.05) is 71.0 Å². The summed E-state index contributed by atoms with van der Waals surface area (Å²) in [6, 6.07) is 19.1. The molecule has 0 N–H and O–H groups in total. The second-order valence-electron chi connectivity index (χ2n) is 11.5. The van der Waals surface area contributed by atoms with Crippen molar-refractivity contribution in [3.8, 4) is 11.3 Å². The summed E-state index contributed by atoms with van der Waals surface area (Å²) in [6.45, 7) is 18.6. The lowest BCUT2D eigenvalue weighted by atomic mass is 9.86. The molecule has 2 heteroatoms. The van der Waals surface area contributed by atoms with Gasteiger partial charge in [0.05, 0.1) is 5.39 Å². The number of benzene rings is 3. The fourth-order valence-corrected chi connectivity index (χ4v) is 6.42. The lowest BCUT2D eigenvalue weighted by molar-refractivity contribution is -0.697. The molecule has 0 aliphatic carbocycles. The highest BCUT2D eigenvalue weighted by molar-refractivity contribution is 6.13. The number of fused-ring (bicyclic) bond motifs is 3. The molecule has 0 saturated carbocycles. The van der Waals surface area contributed by atoms with Crippen molar-refractivity contribution in [1.29, 1.82) is 0 Å². The average molecular weight is 462 g/mol. The van der Waals surface area contributed by atoms with E-state index in [9.17, 15) is 0 Å². The maximum absolute atomic E-state index is 2.60. The second kappa shape index (κ2) is 7.68. The molecular formula is C33H37N2+. The first kappa shape index (κ1) is 22.3. The summed E-state index contributed by atoms with van der Waals surface area (Å²) in [6.07, 6.45) is 2.47. The summed E-state index contributed by atoms with van der Waals surface area (Å²) in [7, 11) is 0. The monoisotopic (exact) mass is 461 g/mol. The molecule has 1 aliphatic heterocycles. The lowest BCUT2D eigenvalue weighted by Crippen LogP contribution is -2.42. The van der Waals surface area contributed by atoms with Crippen molar-refractivity contribution >= 4 is 27.3 Å². The van der Waals surface area contributed by atoms with E-state index in [1.54, 1.807) is 0 Å². The van der Waals surface area contributed by atoms with Crippen LogP contribution in [0.5, 0.6) is 0 Å². The van der Waals surface area contributed by atoms with E-state index in [4.69, 9.17) is 0 Å². The van der Waals surface area contributed by atoms with E-state index in [-0.39, 0.29) is 0 Å². The minimum absolute atomic E-state index is 0.398. The van der Waals surface area contributed by atoms with Crippen LogP contribution < -0.4 is 4.57 Å². The summed E-state index contributed by atoms with van der Waals surface area (Å²) in [5, 5.41) is 4.16. The van der Waals surface area contributed by atoms with Gasteiger partial charge < -0.3 is 0 Å². The van der Waals surface area contributed by atoms with Gasteiger partial charge in [0.1, 0.15) is 17.8 Å². The smallest absolute Gasteiger partial charge is 0.226 e. The van der Waals surface area contributed by atoms with Crippen LogP contribution in [0.1, 0.15) is 93.2 Å². The van der Waals surface area contributed by atoms with Gasteiger partial charge in [-0.15, -0.1) is 0 Å². The molecule has 0 radical (unpaired) electrons.